The Morgan fingerprint density at radius 1 is 1.19 bits per heavy atom. The Bertz CT molecular complexity index is 664. The molecule has 0 heterocycles. The van der Waals surface area contributed by atoms with Gasteiger partial charge in [0.25, 0.3) is 5.91 Å². The van der Waals surface area contributed by atoms with Crippen molar-refractivity contribution < 1.29 is 4.79 Å². The molecule has 0 spiro atoms. The molecule has 27 heavy (non-hydrogen) atoms. The summed E-state index contributed by atoms with van der Waals surface area (Å²) in [4.78, 5) is 18.4. The molecule has 5 heteroatoms. The van der Waals surface area contributed by atoms with Gasteiger partial charge in [-0.05, 0) is 63.1 Å². The number of carbonyl (C=O) groups is 1. The van der Waals surface area contributed by atoms with E-state index < -0.39 is 0 Å². The highest BCUT2D eigenvalue weighted by Gasteiger charge is 2.08. The number of allylic oxidation sites excluding steroid dienone is 1. The summed E-state index contributed by atoms with van der Waals surface area (Å²) in [6.45, 7) is 4.54. The molecule has 0 saturated heterocycles. The highest BCUT2D eigenvalue weighted by atomic mass is 16.2. The van der Waals surface area contributed by atoms with Crippen molar-refractivity contribution in [3.05, 3.63) is 47.0 Å². The fourth-order valence-electron chi connectivity index (χ4n) is 3.23. The molecule has 0 saturated carbocycles. The average molecular weight is 371 g/mol. The van der Waals surface area contributed by atoms with E-state index >= 15 is 0 Å². The molecule has 2 N–H and O–H groups in total. The zero-order valence-corrected chi connectivity index (χ0v) is 17.1. The van der Waals surface area contributed by atoms with Gasteiger partial charge in [-0.15, -0.1) is 0 Å². The van der Waals surface area contributed by atoms with Crippen LogP contribution in [0.4, 0.5) is 0 Å². The van der Waals surface area contributed by atoms with Gasteiger partial charge in [0.15, 0.2) is 5.96 Å². The molecule has 1 aliphatic rings. The van der Waals surface area contributed by atoms with Gasteiger partial charge in [0, 0.05) is 39.3 Å². The first-order valence-electron chi connectivity index (χ1n) is 10.1. The van der Waals surface area contributed by atoms with Gasteiger partial charge >= 0.3 is 0 Å². The van der Waals surface area contributed by atoms with E-state index in [0.717, 1.165) is 49.6 Å². The van der Waals surface area contributed by atoms with Crippen molar-refractivity contribution in [1.82, 2.24) is 15.5 Å². The highest BCUT2D eigenvalue weighted by molar-refractivity contribution is 5.94. The van der Waals surface area contributed by atoms with E-state index in [9.17, 15) is 4.79 Å². The van der Waals surface area contributed by atoms with Gasteiger partial charge in [-0.2, -0.15) is 0 Å². The second-order valence-electron chi connectivity index (χ2n) is 7.20. The molecule has 0 aliphatic heterocycles. The maximum Gasteiger partial charge on any atom is 0.253 e. The molecule has 1 aliphatic carbocycles. The van der Waals surface area contributed by atoms with Crippen LogP contribution in [0.5, 0.6) is 0 Å². The Morgan fingerprint density at radius 2 is 2.04 bits per heavy atom. The van der Waals surface area contributed by atoms with Crippen LogP contribution in [0.1, 0.15) is 54.9 Å². The fraction of sp³-hybridized carbons (Fsp3) is 0.545. The quantitative estimate of drug-likeness (QED) is 0.419. The van der Waals surface area contributed by atoms with Crippen LogP contribution in [0, 0.1) is 0 Å². The lowest BCUT2D eigenvalue weighted by atomic mass is 9.97. The van der Waals surface area contributed by atoms with E-state index in [1.165, 1.54) is 25.7 Å². The largest absolute Gasteiger partial charge is 0.357 e. The van der Waals surface area contributed by atoms with E-state index in [2.05, 4.69) is 29.7 Å². The third-order valence-corrected chi connectivity index (χ3v) is 4.72. The molecular formula is C22H34N4O. The van der Waals surface area contributed by atoms with Crippen molar-refractivity contribution in [2.45, 2.75) is 45.4 Å². The molecule has 1 aromatic rings. The van der Waals surface area contributed by atoms with Crippen LogP contribution in [0.2, 0.25) is 0 Å². The minimum Gasteiger partial charge on any atom is -0.357 e. The molecule has 0 bridgehead atoms. The summed E-state index contributed by atoms with van der Waals surface area (Å²) in [5.41, 5.74) is 3.44. The number of rotatable bonds is 8. The van der Waals surface area contributed by atoms with Crippen LogP contribution >= 0.6 is 0 Å². The van der Waals surface area contributed by atoms with Crippen molar-refractivity contribution in [3.63, 3.8) is 0 Å². The number of benzene rings is 1. The van der Waals surface area contributed by atoms with Gasteiger partial charge in [0.2, 0.25) is 0 Å². The number of nitrogens with one attached hydrogen (secondary N) is 2. The zero-order valence-electron chi connectivity index (χ0n) is 17.1. The van der Waals surface area contributed by atoms with Crippen LogP contribution < -0.4 is 10.6 Å². The van der Waals surface area contributed by atoms with Gasteiger partial charge in [0.1, 0.15) is 0 Å². The zero-order chi connectivity index (χ0) is 19.5. The summed E-state index contributed by atoms with van der Waals surface area (Å²) in [5, 5.41) is 6.71. The number of amides is 1. The predicted octanol–water partition coefficient (Wildman–Crippen LogP) is 3.38. The number of aliphatic imine (C=N–C) groups is 1. The summed E-state index contributed by atoms with van der Waals surface area (Å²) in [7, 11) is 3.55. The molecule has 0 fully saturated rings. The molecule has 0 atom stereocenters. The van der Waals surface area contributed by atoms with Crippen LogP contribution in [0.15, 0.2) is 40.9 Å². The third-order valence-electron chi connectivity index (χ3n) is 4.72. The van der Waals surface area contributed by atoms with Crippen LogP contribution in [0.3, 0.4) is 0 Å². The van der Waals surface area contributed by atoms with E-state index in [1.807, 2.05) is 18.2 Å². The van der Waals surface area contributed by atoms with Gasteiger partial charge in [-0.25, -0.2) is 0 Å². The summed E-state index contributed by atoms with van der Waals surface area (Å²) in [6.07, 6.45) is 9.42. The second kappa shape index (κ2) is 11.4. The van der Waals surface area contributed by atoms with Crippen LogP contribution in [0.25, 0.3) is 0 Å². The Balaban J connectivity index is 1.83. The first-order valence-corrected chi connectivity index (χ1v) is 10.1. The molecule has 0 radical (unpaired) electrons. The minimum absolute atomic E-state index is 0.0386. The van der Waals surface area contributed by atoms with Gasteiger partial charge in [0.05, 0.1) is 0 Å². The van der Waals surface area contributed by atoms with E-state index in [-0.39, 0.29) is 5.91 Å². The summed E-state index contributed by atoms with van der Waals surface area (Å²) >= 11 is 0. The van der Waals surface area contributed by atoms with Crippen molar-refractivity contribution >= 4 is 11.9 Å². The number of guanidine groups is 1. The standard InChI is InChI=1S/C22H34N4O/c1-4-23-22(24-15-13-18-9-6-5-7-10-18)25-16-14-19-11-8-12-20(17-19)21(27)26(2)3/h8-9,11-12,17H,4-7,10,13-16H2,1-3H3,(H2,23,24,25). The molecule has 1 amide bonds. The predicted molar refractivity (Wildman–Crippen MR) is 113 cm³/mol. The first kappa shape index (κ1) is 21.0. The average Bonchev–Trinajstić information content (AvgIpc) is 2.68. The Labute approximate surface area is 163 Å². The molecule has 0 unspecified atom stereocenters. The maximum absolute atomic E-state index is 12.1. The summed E-state index contributed by atoms with van der Waals surface area (Å²) in [6, 6.07) is 7.85. The van der Waals surface area contributed by atoms with Crippen LogP contribution in [-0.4, -0.2) is 50.5 Å². The Hall–Kier alpha value is -2.30. The lowest BCUT2D eigenvalue weighted by Crippen LogP contribution is -2.38. The lowest BCUT2D eigenvalue weighted by molar-refractivity contribution is 0.0827. The molecule has 5 nitrogen and oxygen atoms in total. The van der Waals surface area contributed by atoms with Gasteiger partial charge in [-0.1, -0.05) is 23.8 Å². The molecular weight excluding hydrogens is 336 g/mol. The minimum atomic E-state index is 0.0386. The van der Waals surface area contributed by atoms with Gasteiger partial charge in [-0.3, -0.25) is 9.79 Å². The van der Waals surface area contributed by atoms with Gasteiger partial charge < -0.3 is 15.5 Å². The second-order valence-corrected chi connectivity index (χ2v) is 7.20. The Kier molecular flexibility index (Phi) is 8.89. The van der Waals surface area contributed by atoms with Crippen molar-refractivity contribution in [3.8, 4) is 0 Å². The van der Waals surface area contributed by atoms with Crippen molar-refractivity contribution in [2.24, 2.45) is 4.99 Å². The van der Waals surface area contributed by atoms with Crippen molar-refractivity contribution in [2.75, 3.05) is 33.7 Å². The monoisotopic (exact) mass is 370 g/mol. The molecule has 148 valence electrons. The Morgan fingerprint density at radius 3 is 2.74 bits per heavy atom. The smallest absolute Gasteiger partial charge is 0.253 e. The van der Waals surface area contributed by atoms with E-state index in [4.69, 9.17) is 4.99 Å². The number of nitrogens with zero attached hydrogens (tertiary/aromatic N) is 2. The lowest BCUT2D eigenvalue weighted by Gasteiger charge is -2.14. The molecule has 1 aromatic carbocycles. The van der Waals surface area contributed by atoms with Crippen LogP contribution in [-0.2, 0) is 6.42 Å². The first-order chi connectivity index (χ1) is 13.1. The number of hydrogen-bond donors (Lipinski definition) is 2. The number of carbonyl (C=O) groups excluding carboxylic acids is 1. The summed E-state index contributed by atoms with van der Waals surface area (Å²) in [5.74, 6) is 0.908. The molecule has 2 rings (SSSR count). The fourth-order valence-corrected chi connectivity index (χ4v) is 3.23. The third kappa shape index (κ3) is 7.45. The van der Waals surface area contributed by atoms with E-state index in [0.29, 0.717) is 0 Å². The number of hydrogen-bond acceptors (Lipinski definition) is 2. The SMILES string of the molecule is CCNC(=NCCC1=CCCCC1)NCCc1cccc(C(=O)N(C)C)c1. The summed E-state index contributed by atoms with van der Waals surface area (Å²) < 4.78 is 0. The maximum atomic E-state index is 12.1. The highest BCUT2D eigenvalue weighted by Crippen LogP contribution is 2.19. The normalized spacial score (nSPS) is 14.5. The molecule has 0 aromatic heterocycles. The van der Waals surface area contributed by atoms with Crippen molar-refractivity contribution in [1.29, 1.82) is 0 Å². The topological polar surface area (TPSA) is 56.7 Å². The van der Waals surface area contributed by atoms with E-state index in [1.54, 1.807) is 24.6 Å².